The number of anilines is 1. The summed E-state index contributed by atoms with van der Waals surface area (Å²) >= 11 is 16.7. The van der Waals surface area contributed by atoms with Gasteiger partial charge in [0.15, 0.2) is 0 Å². The first-order valence-electron chi connectivity index (χ1n) is 5.35. The largest absolute Gasteiger partial charge is 0.280 e. The molecule has 0 unspecified atom stereocenters. The summed E-state index contributed by atoms with van der Waals surface area (Å²) in [5, 5.41) is 0. The van der Waals surface area contributed by atoms with Crippen molar-refractivity contribution in [3.63, 3.8) is 0 Å². The molecule has 2 aromatic rings. The summed E-state index contributed by atoms with van der Waals surface area (Å²) in [5.41, 5.74) is 0.492. The number of hydrogen-bond acceptors (Lipinski definition) is 2. The third kappa shape index (κ3) is 3.74. The van der Waals surface area contributed by atoms with Crippen LogP contribution in [0.1, 0.15) is 0 Å². The van der Waals surface area contributed by atoms with E-state index in [1.165, 1.54) is 0 Å². The molecule has 0 fully saturated rings. The summed E-state index contributed by atoms with van der Waals surface area (Å²) in [6, 6.07) is 8.70. The molecule has 0 radical (unpaired) electrons. The van der Waals surface area contributed by atoms with Crippen LogP contribution in [0.4, 0.5) is 5.69 Å². The predicted molar refractivity (Wildman–Crippen MR) is 102 cm³/mol. The summed E-state index contributed by atoms with van der Waals surface area (Å²) in [6.07, 6.45) is 0. The molecule has 0 saturated carbocycles. The molecule has 0 atom stereocenters. The molecular formula is C12H6Br5NO2S. The highest BCUT2D eigenvalue weighted by molar-refractivity contribution is 9.15. The van der Waals surface area contributed by atoms with Crippen LogP contribution >= 0.6 is 79.6 Å². The highest BCUT2D eigenvalue weighted by atomic mass is 79.9. The molecule has 0 saturated heterocycles. The van der Waals surface area contributed by atoms with Gasteiger partial charge in [-0.1, -0.05) is 18.2 Å². The summed E-state index contributed by atoms with van der Waals surface area (Å²) < 4.78 is 30.6. The van der Waals surface area contributed by atoms with Crippen molar-refractivity contribution in [2.75, 3.05) is 4.72 Å². The van der Waals surface area contributed by atoms with E-state index in [4.69, 9.17) is 0 Å². The van der Waals surface area contributed by atoms with Gasteiger partial charge < -0.3 is 0 Å². The monoisotopic (exact) mass is 623 g/mol. The fraction of sp³-hybridized carbons (Fsp3) is 0. The minimum Gasteiger partial charge on any atom is -0.280 e. The van der Waals surface area contributed by atoms with Crippen LogP contribution in [0.5, 0.6) is 0 Å². The maximum absolute atomic E-state index is 12.6. The van der Waals surface area contributed by atoms with E-state index >= 15 is 0 Å². The first kappa shape index (κ1) is 17.9. The summed E-state index contributed by atoms with van der Waals surface area (Å²) in [7, 11) is -3.76. The van der Waals surface area contributed by atoms with Crippen molar-refractivity contribution in [2.24, 2.45) is 0 Å². The molecule has 3 nitrogen and oxygen atoms in total. The normalized spacial score (nSPS) is 11.5. The van der Waals surface area contributed by atoms with Gasteiger partial charge in [-0.25, -0.2) is 8.42 Å². The third-order valence-electron chi connectivity index (χ3n) is 2.46. The maximum Gasteiger partial charge on any atom is 0.264 e. The molecule has 0 aromatic heterocycles. The highest BCUT2D eigenvalue weighted by Gasteiger charge is 2.27. The summed E-state index contributed by atoms with van der Waals surface area (Å²) in [5.74, 6) is 0. The number of para-hydroxylation sites is 1. The van der Waals surface area contributed by atoms with E-state index in [9.17, 15) is 8.42 Å². The van der Waals surface area contributed by atoms with Crippen LogP contribution in [0.15, 0.2) is 57.6 Å². The van der Waals surface area contributed by atoms with Gasteiger partial charge in [-0.05, 0) is 91.8 Å². The summed E-state index contributed by atoms with van der Waals surface area (Å²) in [4.78, 5) is 0.105. The van der Waals surface area contributed by atoms with E-state index in [1.54, 1.807) is 24.3 Å². The smallest absolute Gasteiger partial charge is 0.264 e. The Kier molecular flexibility index (Phi) is 5.98. The van der Waals surface area contributed by atoms with Crippen molar-refractivity contribution in [1.82, 2.24) is 0 Å². The fourth-order valence-electron chi connectivity index (χ4n) is 1.53. The van der Waals surface area contributed by atoms with Crippen molar-refractivity contribution >= 4 is 95.4 Å². The Morgan fingerprint density at radius 1 is 0.714 bits per heavy atom. The van der Waals surface area contributed by atoms with Gasteiger partial charge >= 0.3 is 0 Å². The van der Waals surface area contributed by atoms with Crippen LogP contribution in [0.3, 0.4) is 0 Å². The molecule has 112 valence electrons. The molecular weight excluding hydrogens is 622 g/mol. The van der Waals surface area contributed by atoms with Gasteiger partial charge in [-0.3, -0.25) is 4.72 Å². The van der Waals surface area contributed by atoms with Crippen molar-refractivity contribution in [3.8, 4) is 0 Å². The van der Waals surface area contributed by atoms with E-state index < -0.39 is 10.0 Å². The molecule has 9 heteroatoms. The first-order chi connectivity index (χ1) is 9.75. The van der Waals surface area contributed by atoms with E-state index in [2.05, 4.69) is 84.4 Å². The third-order valence-corrected chi connectivity index (χ3v) is 10.5. The second-order valence-corrected chi connectivity index (χ2v) is 9.45. The molecule has 0 spiro atoms. The number of benzene rings is 2. The Morgan fingerprint density at radius 3 is 1.62 bits per heavy atom. The van der Waals surface area contributed by atoms with Gasteiger partial charge in [-0.15, -0.1) is 0 Å². The molecule has 0 aliphatic carbocycles. The van der Waals surface area contributed by atoms with Gasteiger partial charge in [0.2, 0.25) is 0 Å². The van der Waals surface area contributed by atoms with Gasteiger partial charge in [0, 0.05) is 19.1 Å². The average molecular weight is 628 g/mol. The zero-order valence-electron chi connectivity index (χ0n) is 10.0. The van der Waals surface area contributed by atoms with Crippen LogP contribution in [0, 0.1) is 0 Å². The van der Waals surface area contributed by atoms with Crippen LogP contribution in [0.25, 0.3) is 0 Å². The Bertz CT molecular complexity index is 764. The zero-order chi connectivity index (χ0) is 15.8. The van der Waals surface area contributed by atoms with Gasteiger partial charge in [0.1, 0.15) is 4.90 Å². The second-order valence-electron chi connectivity index (χ2n) is 3.87. The number of nitrogens with one attached hydrogen (secondary N) is 1. The van der Waals surface area contributed by atoms with E-state index in [0.717, 1.165) is 0 Å². The maximum atomic E-state index is 12.6. The minimum absolute atomic E-state index is 0.105. The number of hydrogen-bond donors (Lipinski definition) is 1. The van der Waals surface area contributed by atoms with Crippen LogP contribution in [0.2, 0.25) is 0 Å². The fourth-order valence-corrected chi connectivity index (χ4v) is 7.35. The van der Waals surface area contributed by atoms with Gasteiger partial charge in [-0.2, -0.15) is 0 Å². The van der Waals surface area contributed by atoms with E-state index in [0.29, 0.717) is 28.1 Å². The lowest BCUT2D eigenvalue weighted by Gasteiger charge is -2.15. The van der Waals surface area contributed by atoms with E-state index in [-0.39, 0.29) is 4.90 Å². The molecule has 0 aliphatic heterocycles. The first-order valence-corrected chi connectivity index (χ1v) is 10.8. The van der Waals surface area contributed by atoms with Crippen molar-refractivity contribution in [2.45, 2.75) is 4.90 Å². The van der Waals surface area contributed by atoms with Crippen molar-refractivity contribution in [1.29, 1.82) is 0 Å². The van der Waals surface area contributed by atoms with Crippen LogP contribution in [-0.4, -0.2) is 8.42 Å². The highest BCUT2D eigenvalue weighted by Crippen LogP contribution is 2.46. The number of sulfonamides is 1. The Hall–Kier alpha value is 0.590. The standard InChI is InChI=1S/C12H6Br5NO2S/c13-7-8(14)10(16)12(11(17)9(7)15)21(19,20)18-6-4-2-1-3-5-6/h1-5,18H. The lowest BCUT2D eigenvalue weighted by molar-refractivity contribution is 0.600. The predicted octanol–water partition coefficient (Wildman–Crippen LogP) is 6.30. The molecule has 0 aliphatic rings. The lowest BCUT2D eigenvalue weighted by Crippen LogP contribution is -2.14. The van der Waals surface area contributed by atoms with E-state index in [1.807, 2.05) is 6.07 Å². The van der Waals surface area contributed by atoms with Crippen LogP contribution in [-0.2, 0) is 10.0 Å². The Morgan fingerprint density at radius 2 is 1.14 bits per heavy atom. The van der Waals surface area contributed by atoms with Gasteiger partial charge in [0.05, 0.1) is 8.95 Å². The van der Waals surface area contributed by atoms with Gasteiger partial charge in [0.25, 0.3) is 10.0 Å². The van der Waals surface area contributed by atoms with Crippen LogP contribution < -0.4 is 4.72 Å². The SMILES string of the molecule is O=S(=O)(Nc1ccccc1)c1c(Br)c(Br)c(Br)c(Br)c1Br. The van der Waals surface area contributed by atoms with Crippen molar-refractivity contribution < 1.29 is 8.42 Å². The number of halogens is 5. The molecule has 2 rings (SSSR count). The molecule has 0 heterocycles. The molecule has 2 aromatic carbocycles. The quantitative estimate of drug-likeness (QED) is 0.321. The minimum atomic E-state index is -3.76. The average Bonchev–Trinajstić information content (AvgIpc) is 2.43. The Labute approximate surface area is 164 Å². The summed E-state index contributed by atoms with van der Waals surface area (Å²) in [6.45, 7) is 0. The molecule has 0 bridgehead atoms. The number of rotatable bonds is 3. The molecule has 1 N–H and O–H groups in total. The molecule has 21 heavy (non-hydrogen) atoms. The second kappa shape index (κ2) is 7.00. The van der Waals surface area contributed by atoms with Crippen molar-refractivity contribution in [3.05, 3.63) is 52.7 Å². The zero-order valence-corrected chi connectivity index (χ0v) is 18.7. The topological polar surface area (TPSA) is 46.2 Å². The molecule has 0 amide bonds. The lowest BCUT2D eigenvalue weighted by atomic mass is 10.3. The Balaban J connectivity index is 2.61.